The van der Waals surface area contributed by atoms with Gasteiger partial charge in [-0.1, -0.05) is 37.3 Å². The van der Waals surface area contributed by atoms with Gasteiger partial charge in [-0.2, -0.15) is 5.10 Å². The summed E-state index contributed by atoms with van der Waals surface area (Å²) in [4.78, 5) is 11.7. The summed E-state index contributed by atoms with van der Waals surface area (Å²) in [6.07, 6.45) is 4.04. The number of carbonyl (C=O) groups is 1. The van der Waals surface area contributed by atoms with Crippen LogP contribution in [0.5, 0.6) is 0 Å². The van der Waals surface area contributed by atoms with Crippen molar-refractivity contribution in [1.82, 2.24) is 15.5 Å². The van der Waals surface area contributed by atoms with Crippen LogP contribution in [-0.2, 0) is 0 Å². The Labute approximate surface area is 106 Å². The molecule has 1 heterocycles. The number of nitrogens with one attached hydrogen (secondary N) is 2. The van der Waals surface area contributed by atoms with Gasteiger partial charge in [0.1, 0.15) is 0 Å². The van der Waals surface area contributed by atoms with Gasteiger partial charge in [0, 0.05) is 12.7 Å². The van der Waals surface area contributed by atoms with Crippen molar-refractivity contribution >= 4 is 5.91 Å². The van der Waals surface area contributed by atoms with E-state index in [1.807, 2.05) is 18.2 Å². The van der Waals surface area contributed by atoms with Gasteiger partial charge in [-0.05, 0) is 17.9 Å². The molecule has 0 saturated carbocycles. The Morgan fingerprint density at radius 1 is 1.39 bits per heavy atom. The van der Waals surface area contributed by atoms with Gasteiger partial charge >= 0.3 is 0 Å². The van der Waals surface area contributed by atoms with Gasteiger partial charge in [0.2, 0.25) is 0 Å². The Bertz CT molecular complexity index is 479. The van der Waals surface area contributed by atoms with Crippen LogP contribution < -0.4 is 5.32 Å². The van der Waals surface area contributed by atoms with Gasteiger partial charge < -0.3 is 5.32 Å². The van der Waals surface area contributed by atoms with E-state index >= 15 is 0 Å². The standard InChI is InChI=1S/C14H17N3O/c1-11(12-5-3-2-4-6-12)7-8-15-14(18)13-9-16-17-10-13/h2-6,9-11H,7-8H2,1H3,(H,15,18)(H,16,17). The van der Waals surface area contributed by atoms with Crippen LogP contribution in [0.4, 0.5) is 0 Å². The third-order valence-corrected chi connectivity index (χ3v) is 2.99. The van der Waals surface area contributed by atoms with Crippen molar-refractivity contribution < 1.29 is 4.79 Å². The first-order valence-corrected chi connectivity index (χ1v) is 6.09. The van der Waals surface area contributed by atoms with Crippen LogP contribution in [0, 0.1) is 0 Å². The molecule has 0 saturated heterocycles. The molecule has 1 amide bonds. The highest BCUT2D eigenvalue weighted by Crippen LogP contribution is 2.17. The predicted molar refractivity (Wildman–Crippen MR) is 70.4 cm³/mol. The molecule has 94 valence electrons. The van der Waals surface area contributed by atoms with E-state index in [9.17, 15) is 4.79 Å². The second-order valence-corrected chi connectivity index (χ2v) is 4.34. The van der Waals surface area contributed by atoms with Crippen molar-refractivity contribution in [3.63, 3.8) is 0 Å². The fraction of sp³-hybridized carbons (Fsp3) is 0.286. The number of hydrogen-bond donors (Lipinski definition) is 2. The van der Waals surface area contributed by atoms with Crippen LogP contribution in [0.3, 0.4) is 0 Å². The molecule has 4 heteroatoms. The zero-order valence-corrected chi connectivity index (χ0v) is 10.4. The van der Waals surface area contributed by atoms with E-state index in [0.29, 0.717) is 18.0 Å². The number of hydrogen-bond acceptors (Lipinski definition) is 2. The number of rotatable bonds is 5. The quantitative estimate of drug-likeness (QED) is 0.846. The lowest BCUT2D eigenvalue weighted by atomic mass is 9.98. The molecule has 2 aromatic rings. The first-order valence-electron chi connectivity index (χ1n) is 6.09. The van der Waals surface area contributed by atoms with Crippen LogP contribution in [0.25, 0.3) is 0 Å². The smallest absolute Gasteiger partial charge is 0.254 e. The molecular weight excluding hydrogens is 226 g/mol. The summed E-state index contributed by atoms with van der Waals surface area (Å²) in [6, 6.07) is 10.3. The third kappa shape index (κ3) is 3.20. The molecule has 18 heavy (non-hydrogen) atoms. The Morgan fingerprint density at radius 3 is 2.83 bits per heavy atom. The SMILES string of the molecule is CC(CCNC(=O)c1cn[nH]c1)c1ccccc1. The van der Waals surface area contributed by atoms with Crippen molar-refractivity contribution in [3.05, 3.63) is 53.9 Å². The summed E-state index contributed by atoms with van der Waals surface area (Å²) in [7, 11) is 0. The van der Waals surface area contributed by atoms with Gasteiger partial charge in [0.05, 0.1) is 11.8 Å². The average Bonchev–Trinajstić information content (AvgIpc) is 2.93. The number of benzene rings is 1. The molecule has 2 rings (SSSR count). The van der Waals surface area contributed by atoms with Crippen LogP contribution in [-0.4, -0.2) is 22.6 Å². The van der Waals surface area contributed by atoms with Crippen molar-refractivity contribution in [3.8, 4) is 0 Å². The minimum Gasteiger partial charge on any atom is -0.352 e. The zero-order valence-electron chi connectivity index (χ0n) is 10.4. The van der Waals surface area contributed by atoms with Gasteiger partial charge in [-0.15, -0.1) is 0 Å². The maximum Gasteiger partial charge on any atom is 0.254 e. The number of aromatic amines is 1. The third-order valence-electron chi connectivity index (χ3n) is 2.99. The molecule has 0 bridgehead atoms. The van der Waals surface area contributed by atoms with Gasteiger partial charge in [-0.3, -0.25) is 9.89 Å². The lowest BCUT2D eigenvalue weighted by Gasteiger charge is -2.12. The second kappa shape index (κ2) is 6.00. The van der Waals surface area contributed by atoms with E-state index in [1.165, 1.54) is 11.8 Å². The Kier molecular flexibility index (Phi) is 4.12. The van der Waals surface area contributed by atoms with E-state index < -0.39 is 0 Å². The van der Waals surface area contributed by atoms with Gasteiger partial charge in [-0.25, -0.2) is 0 Å². The number of carbonyl (C=O) groups excluding carboxylic acids is 1. The fourth-order valence-electron chi connectivity index (χ4n) is 1.83. The highest BCUT2D eigenvalue weighted by atomic mass is 16.1. The first kappa shape index (κ1) is 12.4. The molecule has 0 fully saturated rings. The Balaban J connectivity index is 1.77. The molecule has 0 aliphatic rings. The highest BCUT2D eigenvalue weighted by molar-refractivity contribution is 5.93. The van der Waals surface area contributed by atoms with Crippen LogP contribution in [0.15, 0.2) is 42.7 Å². The monoisotopic (exact) mass is 243 g/mol. The number of H-pyrrole nitrogens is 1. The molecule has 0 spiro atoms. The highest BCUT2D eigenvalue weighted by Gasteiger charge is 2.08. The van der Waals surface area contributed by atoms with E-state index in [0.717, 1.165) is 6.42 Å². The Morgan fingerprint density at radius 2 is 2.17 bits per heavy atom. The molecular formula is C14H17N3O. The van der Waals surface area contributed by atoms with Gasteiger partial charge in [0.25, 0.3) is 5.91 Å². The fourth-order valence-corrected chi connectivity index (χ4v) is 1.83. The van der Waals surface area contributed by atoms with E-state index in [4.69, 9.17) is 0 Å². The predicted octanol–water partition coefficient (Wildman–Crippen LogP) is 2.33. The van der Waals surface area contributed by atoms with E-state index in [-0.39, 0.29) is 5.91 Å². The van der Waals surface area contributed by atoms with Crippen molar-refractivity contribution in [2.45, 2.75) is 19.3 Å². The summed E-state index contributed by atoms with van der Waals surface area (Å²) in [5, 5.41) is 9.26. The molecule has 0 aliphatic carbocycles. The maximum atomic E-state index is 11.7. The van der Waals surface area contributed by atoms with Crippen molar-refractivity contribution in [2.75, 3.05) is 6.54 Å². The molecule has 0 radical (unpaired) electrons. The van der Waals surface area contributed by atoms with Crippen LogP contribution >= 0.6 is 0 Å². The Hall–Kier alpha value is -2.10. The van der Waals surface area contributed by atoms with Crippen LogP contribution in [0.2, 0.25) is 0 Å². The molecule has 1 aromatic carbocycles. The minimum absolute atomic E-state index is 0.0796. The first-order chi connectivity index (χ1) is 8.77. The minimum atomic E-state index is -0.0796. The summed E-state index contributed by atoms with van der Waals surface area (Å²) in [5.74, 6) is 0.361. The number of amides is 1. The topological polar surface area (TPSA) is 57.8 Å². The van der Waals surface area contributed by atoms with Crippen LogP contribution in [0.1, 0.15) is 35.2 Å². The maximum absolute atomic E-state index is 11.7. The summed E-state index contributed by atoms with van der Waals surface area (Å²) in [6.45, 7) is 2.83. The largest absolute Gasteiger partial charge is 0.352 e. The summed E-state index contributed by atoms with van der Waals surface area (Å²) >= 11 is 0. The van der Waals surface area contributed by atoms with E-state index in [1.54, 1.807) is 6.20 Å². The van der Waals surface area contributed by atoms with Crippen molar-refractivity contribution in [2.24, 2.45) is 0 Å². The van der Waals surface area contributed by atoms with Crippen molar-refractivity contribution in [1.29, 1.82) is 0 Å². The molecule has 1 aromatic heterocycles. The zero-order chi connectivity index (χ0) is 12.8. The average molecular weight is 243 g/mol. The molecule has 0 aliphatic heterocycles. The second-order valence-electron chi connectivity index (χ2n) is 4.34. The molecule has 1 atom stereocenters. The molecule has 4 nitrogen and oxygen atoms in total. The summed E-state index contributed by atoms with van der Waals surface area (Å²) in [5.41, 5.74) is 1.87. The normalized spacial score (nSPS) is 12.1. The van der Waals surface area contributed by atoms with E-state index in [2.05, 4.69) is 34.6 Å². The van der Waals surface area contributed by atoms with Gasteiger partial charge in [0.15, 0.2) is 0 Å². The lowest BCUT2D eigenvalue weighted by Crippen LogP contribution is -2.24. The molecule has 1 unspecified atom stereocenters. The summed E-state index contributed by atoms with van der Waals surface area (Å²) < 4.78 is 0. The number of nitrogens with zero attached hydrogens (tertiary/aromatic N) is 1. The lowest BCUT2D eigenvalue weighted by molar-refractivity contribution is 0.0952. The molecule has 2 N–H and O–H groups in total. The number of aromatic nitrogens is 2.